The zero-order valence-corrected chi connectivity index (χ0v) is 10.3. The number of hydrogen-bond donors (Lipinski definition) is 2. The van der Waals surface area contributed by atoms with Crippen LogP contribution in [0.3, 0.4) is 0 Å². The van der Waals surface area contributed by atoms with Gasteiger partial charge in [0.1, 0.15) is 5.69 Å². The van der Waals surface area contributed by atoms with Gasteiger partial charge in [-0.25, -0.2) is 0 Å². The highest BCUT2D eigenvalue weighted by Crippen LogP contribution is 2.14. The van der Waals surface area contributed by atoms with E-state index in [9.17, 15) is 9.59 Å². The topological polar surface area (TPSA) is 79.3 Å². The average Bonchev–Trinajstić information content (AvgIpc) is 2.25. The van der Waals surface area contributed by atoms with Gasteiger partial charge in [0.25, 0.3) is 5.91 Å². The third-order valence-corrected chi connectivity index (χ3v) is 2.46. The molecule has 0 atom stereocenters. The molecular weight excluding hydrogens is 244 g/mol. The maximum atomic E-state index is 11.6. The normalized spacial score (nSPS) is 11.0. The van der Waals surface area contributed by atoms with E-state index in [1.807, 2.05) is 0 Å². The van der Waals surface area contributed by atoms with Gasteiger partial charge in [-0.2, -0.15) is 0 Å². The molecule has 0 saturated carbocycles. The molecule has 2 N–H and O–H groups in total. The molecular formula is C11H13ClN2O3. The zero-order valence-electron chi connectivity index (χ0n) is 9.53. The highest BCUT2D eigenvalue weighted by Gasteiger charge is 2.27. The van der Waals surface area contributed by atoms with Gasteiger partial charge in [-0.3, -0.25) is 14.6 Å². The number of amides is 1. The van der Waals surface area contributed by atoms with Crippen LogP contribution in [-0.4, -0.2) is 28.5 Å². The quantitative estimate of drug-likeness (QED) is 0.857. The Morgan fingerprint density at radius 2 is 2.18 bits per heavy atom. The van der Waals surface area contributed by atoms with Crippen molar-refractivity contribution in [2.24, 2.45) is 5.41 Å². The number of nitrogens with one attached hydrogen (secondary N) is 1. The van der Waals surface area contributed by atoms with Crippen LogP contribution in [0.25, 0.3) is 0 Å². The molecule has 1 aromatic rings. The molecule has 0 aromatic carbocycles. The number of carboxylic acid groups (broad SMARTS) is 1. The SMILES string of the molecule is CC(C)(CNC(=O)c1cc(Cl)ccn1)C(=O)O. The first-order chi connectivity index (χ1) is 7.83. The molecule has 0 aliphatic heterocycles. The second-order valence-electron chi connectivity index (χ2n) is 4.23. The first-order valence-electron chi connectivity index (χ1n) is 4.96. The minimum Gasteiger partial charge on any atom is -0.481 e. The smallest absolute Gasteiger partial charge is 0.310 e. The summed E-state index contributed by atoms with van der Waals surface area (Å²) in [6.45, 7) is 3.08. The number of pyridine rings is 1. The van der Waals surface area contributed by atoms with Crippen molar-refractivity contribution in [3.8, 4) is 0 Å². The molecule has 0 aliphatic rings. The Morgan fingerprint density at radius 3 is 2.71 bits per heavy atom. The summed E-state index contributed by atoms with van der Waals surface area (Å²) < 4.78 is 0. The number of aliphatic carboxylic acids is 1. The predicted molar refractivity (Wildman–Crippen MR) is 63.0 cm³/mol. The lowest BCUT2D eigenvalue weighted by atomic mass is 9.94. The average molecular weight is 257 g/mol. The Bertz CT molecular complexity index is 446. The van der Waals surface area contributed by atoms with Crippen LogP contribution in [0.4, 0.5) is 0 Å². The van der Waals surface area contributed by atoms with Gasteiger partial charge in [-0.1, -0.05) is 11.6 Å². The summed E-state index contributed by atoms with van der Waals surface area (Å²) in [5.41, 5.74) is -0.854. The molecule has 92 valence electrons. The summed E-state index contributed by atoms with van der Waals surface area (Å²) in [4.78, 5) is 26.3. The molecule has 0 radical (unpaired) electrons. The molecule has 0 bridgehead atoms. The number of halogens is 1. The summed E-state index contributed by atoms with van der Waals surface area (Å²) in [6, 6.07) is 2.98. The summed E-state index contributed by atoms with van der Waals surface area (Å²) in [7, 11) is 0. The number of carboxylic acids is 1. The van der Waals surface area contributed by atoms with E-state index in [0.29, 0.717) is 5.02 Å². The number of nitrogens with zero attached hydrogens (tertiary/aromatic N) is 1. The number of hydrogen-bond acceptors (Lipinski definition) is 3. The maximum Gasteiger partial charge on any atom is 0.310 e. The van der Waals surface area contributed by atoms with Crippen LogP contribution in [0, 0.1) is 5.41 Å². The first kappa shape index (κ1) is 13.4. The van der Waals surface area contributed by atoms with Crippen LogP contribution < -0.4 is 5.32 Å². The highest BCUT2D eigenvalue weighted by molar-refractivity contribution is 6.30. The molecule has 1 heterocycles. The van der Waals surface area contributed by atoms with E-state index in [4.69, 9.17) is 16.7 Å². The Labute approximate surface area is 104 Å². The van der Waals surface area contributed by atoms with Gasteiger partial charge in [0.05, 0.1) is 5.41 Å². The molecule has 1 aromatic heterocycles. The molecule has 0 saturated heterocycles. The van der Waals surface area contributed by atoms with E-state index in [1.165, 1.54) is 26.1 Å². The third kappa shape index (κ3) is 3.71. The van der Waals surface area contributed by atoms with Gasteiger partial charge in [-0.15, -0.1) is 0 Å². The standard InChI is InChI=1S/C11H13ClN2O3/c1-11(2,10(16)17)6-14-9(15)8-5-7(12)3-4-13-8/h3-5H,6H2,1-2H3,(H,14,15)(H,16,17). The van der Waals surface area contributed by atoms with E-state index in [2.05, 4.69) is 10.3 Å². The van der Waals surface area contributed by atoms with Crippen LogP contribution in [-0.2, 0) is 4.79 Å². The molecule has 17 heavy (non-hydrogen) atoms. The van der Waals surface area contributed by atoms with Crippen molar-refractivity contribution < 1.29 is 14.7 Å². The molecule has 1 rings (SSSR count). The monoisotopic (exact) mass is 256 g/mol. The Kier molecular flexibility index (Phi) is 4.07. The van der Waals surface area contributed by atoms with Crippen molar-refractivity contribution in [3.05, 3.63) is 29.0 Å². The summed E-state index contributed by atoms with van der Waals surface area (Å²) in [5.74, 6) is -1.42. The van der Waals surface area contributed by atoms with Gasteiger partial charge < -0.3 is 10.4 Å². The second kappa shape index (κ2) is 5.14. The molecule has 0 fully saturated rings. The van der Waals surface area contributed by atoms with Crippen LogP contribution >= 0.6 is 11.6 Å². The van der Waals surface area contributed by atoms with E-state index in [0.717, 1.165) is 0 Å². The van der Waals surface area contributed by atoms with Crippen molar-refractivity contribution in [2.75, 3.05) is 6.54 Å². The van der Waals surface area contributed by atoms with Crippen LogP contribution in [0.1, 0.15) is 24.3 Å². The molecule has 1 amide bonds. The molecule has 0 spiro atoms. The first-order valence-corrected chi connectivity index (χ1v) is 5.34. The number of rotatable bonds is 4. The lowest BCUT2D eigenvalue weighted by Crippen LogP contribution is -2.39. The van der Waals surface area contributed by atoms with Gasteiger partial charge in [0.15, 0.2) is 0 Å². The van der Waals surface area contributed by atoms with Crippen molar-refractivity contribution in [3.63, 3.8) is 0 Å². The Hall–Kier alpha value is -1.62. The summed E-state index contributed by atoms with van der Waals surface area (Å²) in [5, 5.41) is 11.8. The van der Waals surface area contributed by atoms with Crippen LogP contribution in [0.5, 0.6) is 0 Å². The lowest BCUT2D eigenvalue weighted by molar-refractivity contribution is -0.146. The minimum absolute atomic E-state index is 0.0232. The number of aromatic nitrogens is 1. The van der Waals surface area contributed by atoms with Crippen LogP contribution in [0.2, 0.25) is 5.02 Å². The zero-order chi connectivity index (χ0) is 13.1. The maximum absolute atomic E-state index is 11.6. The van der Waals surface area contributed by atoms with Crippen molar-refractivity contribution >= 4 is 23.5 Å². The van der Waals surface area contributed by atoms with Gasteiger partial charge in [-0.05, 0) is 26.0 Å². The summed E-state index contributed by atoms with van der Waals surface area (Å²) >= 11 is 5.72. The number of carbonyl (C=O) groups is 2. The molecule has 0 unspecified atom stereocenters. The van der Waals surface area contributed by atoms with Crippen molar-refractivity contribution in [2.45, 2.75) is 13.8 Å². The van der Waals surface area contributed by atoms with E-state index in [1.54, 1.807) is 6.07 Å². The number of carbonyl (C=O) groups excluding carboxylic acids is 1. The van der Waals surface area contributed by atoms with Gasteiger partial charge in [0, 0.05) is 17.8 Å². The van der Waals surface area contributed by atoms with Gasteiger partial charge in [0.2, 0.25) is 0 Å². The highest BCUT2D eigenvalue weighted by atomic mass is 35.5. The van der Waals surface area contributed by atoms with Crippen molar-refractivity contribution in [1.29, 1.82) is 0 Å². The minimum atomic E-state index is -1.02. The fourth-order valence-electron chi connectivity index (χ4n) is 0.996. The van der Waals surface area contributed by atoms with Crippen LogP contribution in [0.15, 0.2) is 18.3 Å². The van der Waals surface area contributed by atoms with Gasteiger partial charge >= 0.3 is 5.97 Å². The summed E-state index contributed by atoms with van der Waals surface area (Å²) in [6.07, 6.45) is 1.42. The fourth-order valence-corrected chi connectivity index (χ4v) is 1.16. The van der Waals surface area contributed by atoms with E-state index >= 15 is 0 Å². The van der Waals surface area contributed by atoms with E-state index in [-0.39, 0.29) is 12.2 Å². The third-order valence-electron chi connectivity index (χ3n) is 2.22. The Balaban J connectivity index is 2.65. The molecule has 5 nitrogen and oxygen atoms in total. The van der Waals surface area contributed by atoms with Crippen molar-refractivity contribution in [1.82, 2.24) is 10.3 Å². The largest absolute Gasteiger partial charge is 0.481 e. The Morgan fingerprint density at radius 1 is 1.53 bits per heavy atom. The second-order valence-corrected chi connectivity index (χ2v) is 4.67. The lowest BCUT2D eigenvalue weighted by Gasteiger charge is -2.19. The fraction of sp³-hybridized carbons (Fsp3) is 0.364. The molecule has 0 aliphatic carbocycles. The molecule has 6 heteroatoms. The predicted octanol–water partition coefficient (Wildman–Crippen LogP) is 1.58. The van der Waals surface area contributed by atoms with E-state index < -0.39 is 17.3 Å².